The predicted molar refractivity (Wildman–Crippen MR) is 142 cm³/mol. The van der Waals surface area contributed by atoms with Crippen LogP contribution in [-0.2, 0) is 21.5 Å². The van der Waals surface area contributed by atoms with Gasteiger partial charge in [0, 0.05) is 25.2 Å². The number of carbonyl (C=O) groups is 2. The first-order valence-electron chi connectivity index (χ1n) is 12.5. The van der Waals surface area contributed by atoms with E-state index in [1.807, 2.05) is 48.5 Å². The van der Waals surface area contributed by atoms with Gasteiger partial charge in [-0.25, -0.2) is 0 Å². The van der Waals surface area contributed by atoms with Gasteiger partial charge in [-0.2, -0.15) is 0 Å². The monoisotopic (exact) mass is 495 g/mol. The third-order valence-electron chi connectivity index (χ3n) is 6.92. The number of hydrogen-bond acceptors (Lipinski definition) is 4. The Morgan fingerprint density at radius 2 is 1.59 bits per heavy atom. The molecule has 0 aromatic heterocycles. The molecule has 4 aromatic carbocycles. The Balaban J connectivity index is 1.52. The number of carboxylic acid groups (broad SMARTS) is 1. The highest BCUT2D eigenvalue weighted by Gasteiger charge is 2.37. The van der Waals surface area contributed by atoms with Crippen molar-refractivity contribution in [1.82, 2.24) is 5.32 Å². The summed E-state index contributed by atoms with van der Waals surface area (Å²) in [6.07, 6.45) is 1.45. The number of amides is 1. The lowest BCUT2D eigenvalue weighted by Crippen LogP contribution is -2.49. The molecule has 188 valence electrons. The maximum atomic E-state index is 13.9. The van der Waals surface area contributed by atoms with Crippen molar-refractivity contribution >= 4 is 22.6 Å². The number of nitrogens with one attached hydrogen (secondary N) is 1. The second kappa shape index (κ2) is 10.8. The Hall–Kier alpha value is -4.16. The van der Waals surface area contributed by atoms with Gasteiger partial charge < -0.3 is 19.9 Å². The summed E-state index contributed by atoms with van der Waals surface area (Å²) in [5, 5.41) is 14.8. The number of benzene rings is 4. The van der Waals surface area contributed by atoms with E-state index in [1.165, 1.54) is 0 Å². The van der Waals surface area contributed by atoms with Gasteiger partial charge in [-0.05, 0) is 65.4 Å². The van der Waals surface area contributed by atoms with E-state index >= 15 is 0 Å². The highest BCUT2D eigenvalue weighted by atomic mass is 16.5. The van der Waals surface area contributed by atoms with Crippen LogP contribution in [0, 0.1) is 0 Å². The lowest BCUT2D eigenvalue weighted by Gasteiger charge is -2.39. The summed E-state index contributed by atoms with van der Waals surface area (Å²) in [4.78, 5) is 25.2. The lowest BCUT2D eigenvalue weighted by molar-refractivity contribution is -0.136. The van der Waals surface area contributed by atoms with Crippen molar-refractivity contribution in [1.29, 1.82) is 0 Å². The Kier molecular flexibility index (Phi) is 7.19. The maximum Gasteiger partial charge on any atom is 0.303 e. The van der Waals surface area contributed by atoms with E-state index in [4.69, 9.17) is 9.47 Å². The molecule has 1 aliphatic heterocycles. The van der Waals surface area contributed by atoms with Crippen molar-refractivity contribution in [3.05, 3.63) is 108 Å². The molecule has 4 aromatic rings. The van der Waals surface area contributed by atoms with Gasteiger partial charge in [-0.1, -0.05) is 66.7 Å². The lowest BCUT2D eigenvalue weighted by atomic mass is 9.80. The molecule has 0 aliphatic carbocycles. The molecular weight excluding hydrogens is 466 g/mol. The van der Waals surface area contributed by atoms with Crippen LogP contribution in [0.5, 0.6) is 11.5 Å². The molecule has 37 heavy (non-hydrogen) atoms. The SMILES string of the molecule is O=C(O)CCc1ccc(Oc2ccccc2)cc1C(=O)NC1(c2cccc3ccccc23)CCOCC1. The fourth-order valence-electron chi connectivity index (χ4n) is 5.02. The van der Waals surface area contributed by atoms with E-state index in [0.29, 0.717) is 48.7 Å². The number of aliphatic carboxylic acids is 1. The third kappa shape index (κ3) is 5.49. The number of para-hydroxylation sites is 1. The Bertz CT molecular complexity index is 1400. The number of hydrogen-bond donors (Lipinski definition) is 2. The van der Waals surface area contributed by atoms with Crippen molar-refractivity contribution in [2.75, 3.05) is 13.2 Å². The van der Waals surface area contributed by atoms with Crippen LogP contribution in [-0.4, -0.2) is 30.2 Å². The van der Waals surface area contributed by atoms with Gasteiger partial charge in [0.25, 0.3) is 5.91 Å². The van der Waals surface area contributed by atoms with Crippen molar-refractivity contribution in [2.45, 2.75) is 31.2 Å². The quantitative estimate of drug-likeness (QED) is 0.309. The zero-order chi connectivity index (χ0) is 25.7. The van der Waals surface area contributed by atoms with Crippen LogP contribution in [0.2, 0.25) is 0 Å². The Morgan fingerprint density at radius 1 is 0.865 bits per heavy atom. The minimum Gasteiger partial charge on any atom is -0.481 e. The normalized spacial score (nSPS) is 14.7. The second-order valence-corrected chi connectivity index (χ2v) is 9.30. The molecule has 6 heteroatoms. The molecule has 1 saturated heterocycles. The Labute approximate surface area is 215 Å². The average molecular weight is 496 g/mol. The van der Waals surface area contributed by atoms with Gasteiger partial charge in [-0.15, -0.1) is 0 Å². The molecule has 0 bridgehead atoms. The molecule has 1 fully saturated rings. The maximum absolute atomic E-state index is 13.9. The minimum atomic E-state index is -0.910. The number of aryl methyl sites for hydroxylation is 1. The van der Waals surface area contributed by atoms with Crippen LogP contribution in [0.1, 0.15) is 40.7 Å². The van der Waals surface area contributed by atoms with E-state index in [-0.39, 0.29) is 18.7 Å². The van der Waals surface area contributed by atoms with Gasteiger partial charge in [0.15, 0.2) is 0 Å². The van der Waals surface area contributed by atoms with Crippen molar-refractivity contribution in [3.8, 4) is 11.5 Å². The molecule has 2 N–H and O–H groups in total. The fraction of sp³-hybridized carbons (Fsp3) is 0.226. The summed E-state index contributed by atoms with van der Waals surface area (Å²) >= 11 is 0. The zero-order valence-electron chi connectivity index (χ0n) is 20.5. The summed E-state index contributed by atoms with van der Waals surface area (Å²) in [5.41, 5.74) is 1.53. The molecule has 0 unspecified atom stereocenters. The molecule has 0 atom stereocenters. The van der Waals surface area contributed by atoms with E-state index in [2.05, 4.69) is 29.6 Å². The smallest absolute Gasteiger partial charge is 0.303 e. The first-order valence-corrected chi connectivity index (χ1v) is 12.5. The largest absolute Gasteiger partial charge is 0.481 e. The standard InChI is InChI=1S/C31H29NO5/c33-29(34)16-14-23-13-15-25(37-24-9-2-1-3-10-24)21-27(23)30(35)32-31(17-19-36-20-18-31)28-12-6-8-22-7-4-5-11-26(22)28/h1-13,15,21H,14,16-20H2,(H,32,35)(H,33,34). The van der Waals surface area contributed by atoms with Crippen LogP contribution in [0.4, 0.5) is 0 Å². The van der Waals surface area contributed by atoms with Gasteiger partial charge >= 0.3 is 5.97 Å². The molecule has 5 rings (SSSR count). The summed E-state index contributed by atoms with van der Waals surface area (Å²) in [5.74, 6) is 0.00627. The topological polar surface area (TPSA) is 84.9 Å². The number of ether oxygens (including phenoxy) is 2. The zero-order valence-corrected chi connectivity index (χ0v) is 20.5. The van der Waals surface area contributed by atoms with Gasteiger partial charge in [0.2, 0.25) is 0 Å². The number of carbonyl (C=O) groups excluding carboxylic acids is 1. The number of rotatable bonds is 8. The average Bonchev–Trinajstić information content (AvgIpc) is 2.93. The predicted octanol–water partition coefficient (Wildman–Crippen LogP) is 6.09. The molecule has 1 heterocycles. The molecular formula is C31H29NO5. The summed E-state index contributed by atoms with van der Waals surface area (Å²) < 4.78 is 11.7. The third-order valence-corrected chi connectivity index (χ3v) is 6.92. The highest BCUT2D eigenvalue weighted by Crippen LogP contribution is 2.37. The van der Waals surface area contributed by atoms with Gasteiger partial charge in [0.05, 0.1) is 5.54 Å². The first kappa shape index (κ1) is 24.5. The minimum absolute atomic E-state index is 0.0680. The van der Waals surface area contributed by atoms with Crippen molar-refractivity contribution in [3.63, 3.8) is 0 Å². The summed E-state index contributed by atoms with van der Waals surface area (Å²) in [6.45, 7) is 1.07. The summed E-state index contributed by atoms with van der Waals surface area (Å²) in [7, 11) is 0. The molecule has 0 saturated carbocycles. The molecule has 0 spiro atoms. The van der Waals surface area contributed by atoms with Crippen LogP contribution in [0.15, 0.2) is 91.0 Å². The highest BCUT2D eigenvalue weighted by molar-refractivity contribution is 5.97. The molecule has 1 aliphatic rings. The van der Waals surface area contributed by atoms with Gasteiger partial charge in [-0.3, -0.25) is 9.59 Å². The van der Waals surface area contributed by atoms with Crippen molar-refractivity contribution in [2.24, 2.45) is 0 Å². The van der Waals surface area contributed by atoms with Crippen LogP contribution in [0.25, 0.3) is 10.8 Å². The fourth-order valence-corrected chi connectivity index (χ4v) is 5.02. The molecule has 0 radical (unpaired) electrons. The van der Waals surface area contributed by atoms with E-state index in [0.717, 1.165) is 16.3 Å². The first-order chi connectivity index (χ1) is 18.0. The second-order valence-electron chi connectivity index (χ2n) is 9.30. The summed E-state index contributed by atoms with van der Waals surface area (Å²) in [6, 6.07) is 28.9. The van der Waals surface area contributed by atoms with E-state index in [9.17, 15) is 14.7 Å². The van der Waals surface area contributed by atoms with Crippen LogP contribution < -0.4 is 10.1 Å². The Morgan fingerprint density at radius 3 is 2.38 bits per heavy atom. The van der Waals surface area contributed by atoms with Crippen LogP contribution in [0.3, 0.4) is 0 Å². The number of fused-ring (bicyclic) bond motifs is 1. The van der Waals surface area contributed by atoms with E-state index < -0.39 is 11.5 Å². The molecule has 6 nitrogen and oxygen atoms in total. The molecule has 1 amide bonds. The van der Waals surface area contributed by atoms with Crippen LogP contribution >= 0.6 is 0 Å². The van der Waals surface area contributed by atoms with Gasteiger partial charge in [0.1, 0.15) is 11.5 Å². The van der Waals surface area contributed by atoms with Crippen molar-refractivity contribution < 1.29 is 24.2 Å². The van der Waals surface area contributed by atoms with E-state index in [1.54, 1.807) is 18.2 Å². The number of carboxylic acids is 1.